The van der Waals surface area contributed by atoms with Gasteiger partial charge >= 0.3 is 0 Å². The summed E-state index contributed by atoms with van der Waals surface area (Å²) >= 11 is 6.25. The van der Waals surface area contributed by atoms with Crippen LogP contribution in [-0.4, -0.2) is 11.9 Å². The highest BCUT2D eigenvalue weighted by Gasteiger charge is 2.24. The van der Waals surface area contributed by atoms with E-state index < -0.39 is 0 Å². The van der Waals surface area contributed by atoms with Crippen molar-refractivity contribution in [3.63, 3.8) is 0 Å². The van der Waals surface area contributed by atoms with Gasteiger partial charge in [0.1, 0.15) is 0 Å². The largest absolute Gasteiger partial charge is 0.293 e. The summed E-state index contributed by atoms with van der Waals surface area (Å²) in [5.74, 6) is -0.210. The average Bonchev–Trinajstić information content (AvgIpc) is 2.52. The summed E-state index contributed by atoms with van der Waals surface area (Å²) in [6.07, 6.45) is 1.97. The molecule has 0 aromatic heterocycles. The van der Waals surface area contributed by atoms with Crippen LogP contribution in [0.2, 0.25) is 5.02 Å². The highest BCUT2D eigenvalue weighted by atomic mass is 35.5. The van der Waals surface area contributed by atoms with E-state index in [9.17, 15) is 9.36 Å². The zero-order chi connectivity index (χ0) is 15.9. The van der Waals surface area contributed by atoms with Crippen molar-refractivity contribution < 1.29 is 9.36 Å². The Morgan fingerprint density at radius 2 is 1.86 bits per heavy atom. The summed E-state index contributed by atoms with van der Waals surface area (Å²) in [6, 6.07) is 15.2. The van der Waals surface area contributed by atoms with Crippen LogP contribution in [-0.2, 0) is 4.57 Å². The summed E-state index contributed by atoms with van der Waals surface area (Å²) in [7, 11) is 0.124. The topological polar surface area (TPSA) is 34.1 Å². The van der Waals surface area contributed by atoms with E-state index in [1.165, 1.54) is 0 Å². The van der Waals surface area contributed by atoms with Gasteiger partial charge in [-0.25, -0.2) is 0 Å². The lowest BCUT2D eigenvalue weighted by Gasteiger charge is -2.18. The minimum Gasteiger partial charge on any atom is -0.293 e. The molecule has 2 aromatic rings. The number of hydrogen-bond donors (Lipinski definition) is 0. The molecule has 1 atom stereocenters. The maximum Gasteiger partial charge on any atom is 0.172 e. The Kier molecular flexibility index (Phi) is 6.30. The van der Waals surface area contributed by atoms with Gasteiger partial charge in [-0.1, -0.05) is 54.1 Å². The SMILES string of the molecule is Cc1cccc(Cl)c1C(=O)C(CCCP=O)c1ccccc1. The van der Waals surface area contributed by atoms with E-state index in [1.54, 1.807) is 6.07 Å². The van der Waals surface area contributed by atoms with E-state index >= 15 is 0 Å². The molecule has 0 N–H and O–H groups in total. The minimum atomic E-state index is -0.249. The molecule has 0 aliphatic rings. The highest BCUT2D eigenvalue weighted by molar-refractivity contribution is 7.23. The fourth-order valence-electron chi connectivity index (χ4n) is 2.61. The predicted octanol–water partition coefficient (Wildman–Crippen LogP) is 5.69. The van der Waals surface area contributed by atoms with E-state index in [-0.39, 0.29) is 20.2 Å². The lowest BCUT2D eigenvalue weighted by molar-refractivity contribution is 0.0954. The van der Waals surface area contributed by atoms with Crippen LogP contribution in [0.3, 0.4) is 0 Å². The molecule has 22 heavy (non-hydrogen) atoms. The first kappa shape index (κ1) is 16.9. The molecule has 0 heterocycles. The second-order valence-electron chi connectivity index (χ2n) is 5.25. The van der Waals surface area contributed by atoms with Gasteiger partial charge in [0.15, 0.2) is 14.2 Å². The van der Waals surface area contributed by atoms with E-state index in [2.05, 4.69) is 0 Å². The molecule has 0 aliphatic heterocycles. The number of benzene rings is 2. The van der Waals surface area contributed by atoms with Crippen molar-refractivity contribution in [1.29, 1.82) is 0 Å². The molecular formula is C18H18ClO2P. The van der Waals surface area contributed by atoms with Gasteiger partial charge in [-0.2, -0.15) is 0 Å². The van der Waals surface area contributed by atoms with Crippen LogP contribution in [0.25, 0.3) is 0 Å². The molecular weight excluding hydrogens is 315 g/mol. The Bertz CT molecular complexity index is 635. The Balaban J connectivity index is 2.36. The summed E-state index contributed by atoms with van der Waals surface area (Å²) in [5.41, 5.74) is 2.47. The molecule has 2 nitrogen and oxygen atoms in total. The number of ketones is 1. The van der Waals surface area contributed by atoms with Crippen LogP contribution in [0, 0.1) is 6.92 Å². The fourth-order valence-corrected chi connectivity index (χ4v) is 3.24. The Hall–Kier alpha value is -1.50. The normalized spacial score (nSPS) is 12.3. The van der Waals surface area contributed by atoms with Crippen LogP contribution >= 0.6 is 20.1 Å². The number of carbonyl (C=O) groups is 1. The van der Waals surface area contributed by atoms with Crippen molar-refractivity contribution in [2.24, 2.45) is 0 Å². The molecule has 0 spiro atoms. The molecule has 0 aliphatic carbocycles. The van der Waals surface area contributed by atoms with Crippen LogP contribution in [0.15, 0.2) is 48.5 Å². The van der Waals surface area contributed by atoms with Gasteiger partial charge in [0.05, 0.1) is 5.02 Å². The molecule has 4 heteroatoms. The molecule has 0 saturated carbocycles. The molecule has 114 valence electrons. The van der Waals surface area contributed by atoms with Crippen LogP contribution < -0.4 is 0 Å². The van der Waals surface area contributed by atoms with E-state index in [4.69, 9.17) is 11.6 Å². The quantitative estimate of drug-likeness (QED) is 0.371. The third-order valence-corrected chi connectivity index (χ3v) is 4.54. The monoisotopic (exact) mass is 332 g/mol. The lowest BCUT2D eigenvalue weighted by Crippen LogP contribution is -2.15. The third kappa shape index (κ3) is 4.03. The summed E-state index contributed by atoms with van der Waals surface area (Å²) in [6.45, 7) is 1.90. The van der Waals surface area contributed by atoms with Gasteiger partial charge in [0.2, 0.25) is 0 Å². The molecule has 0 saturated heterocycles. The Morgan fingerprint density at radius 3 is 2.50 bits per heavy atom. The van der Waals surface area contributed by atoms with E-state index in [0.29, 0.717) is 23.2 Å². The standard InChI is InChI=1S/C18H18ClO2P/c1-13-7-5-11-16(19)17(13)18(20)15(10-6-12-22-21)14-8-3-2-4-9-14/h2-5,7-9,11,15H,6,10,12H2,1H3. The van der Waals surface area contributed by atoms with Crippen molar-refractivity contribution in [2.75, 3.05) is 6.16 Å². The molecule has 0 fully saturated rings. The molecule has 2 aromatic carbocycles. The Morgan fingerprint density at radius 1 is 1.14 bits per heavy atom. The maximum absolute atomic E-state index is 13.0. The van der Waals surface area contributed by atoms with Crippen molar-refractivity contribution in [2.45, 2.75) is 25.7 Å². The molecule has 0 amide bonds. The van der Waals surface area contributed by atoms with Gasteiger partial charge in [0.25, 0.3) is 0 Å². The average molecular weight is 333 g/mol. The van der Waals surface area contributed by atoms with Crippen LogP contribution in [0.4, 0.5) is 0 Å². The van der Waals surface area contributed by atoms with Crippen LogP contribution in [0.5, 0.6) is 0 Å². The lowest BCUT2D eigenvalue weighted by atomic mass is 9.86. The maximum atomic E-state index is 13.0. The number of carbonyl (C=O) groups excluding carboxylic acids is 1. The molecule has 0 bridgehead atoms. The predicted molar refractivity (Wildman–Crippen MR) is 91.4 cm³/mol. The Labute approximate surface area is 137 Å². The molecule has 2 rings (SSSR count). The first-order valence-corrected chi connectivity index (χ1v) is 8.66. The van der Waals surface area contributed by atoms with Crippen molar-refractivity contribution in [1.82, 2.24) is 0 Å². The van der Waals surface area contributed by atoms with Gasteiger partial charge in [0, 0.05) is 17.6 Å². The van der Waals surface area contributed by atoms with E-state index in [1.807, 2.05) is 49.4 Å². The fraction of sp³-hybridized carbons (Fsp3) is 0.278. The number of hydrogen-bond acceptors (Lipinski definition) is 2. The minimum absolute atomic E-state index is 0.0388. The molecule has 1 unspecified atom stereocenters. The molecule has 0 radical (unpaired) electrons. The second kappa shape index (κ2) is 8.22. The number of Topliss-reactive ketones (excluding diaryl/α,β-unsaturated/α-hetero) is 1. The number of aryl methyl sites for hydroxylation is 1. The van der Waals surface area contributed by atoms with Gasteiger partial charge < -0.3 is 0 Å². The van der Waals surface area contributed by atoms with Crippen molar-refractivity contribution in [3.8, 4) is 0 Å². The number of halogens is 1. The zero-order valence-corrected chi connectivity index (χ0v) is 14.1. The van der Waals surface area contributed by atoms with Crippen LogP contribution in [0.1, 0.15) is 40.2 Å². The van der Waals surface area contributed by atoms with Gasteiger partial charge in [-0.15, -0.1) is 0 Å². The first-order valence-electron chi connectivity index (χ1n) is 7.28. The summed E-state index contributed by atoms with van der Waals surface area (Å²) < 4.78 is 10.7. The van der Waals surface area contributed by atoms with Gasteiger partial charge in [-0.3, -0.25) is 9.36 Å². The summed E-state index contributed by atoms with van der Waals surface area (Å²) in [5, 5.41) is 0.493. The van der Waals surface area contributed by atoms with E-state index in [0.717, 1.165) is 17.5 Å². The second-order valence-corrected chi connectivity index (χ2v) is 6.37. The highest BCUT2D eigenvalue weighted by Crippen LogP contribution is 2.30. The first-order chi connectivity index (χ1) is 10.6. The van der Waals surface area contributed by atoms with Crippen molar-refractivity contribution in [3.05, 3.63) is 70.2 Å². The third-order valence-electron chi connectivity index (χ3n) is 3.73. The number of rotatable bonds is 7. The van der Waals surface area contributed by atoms with Gasteiger partial charge in [-0.05, 0) is 37.0 Å². The smallest absolute Gasteiger partial charge is 0.172 e. The summed E-state index contributed by atoms with van der Waals surface area (Å²) in [4.78, 5) is 13.0. The zero-order valence-electron chi connectivity index (χ0n) is 12.5. The van der Waals surface area contributed by atoms with Crippen molar-refractivity contribution >= 4 is 25.8 Å².